The van der Waals surface area contributed by atoms with Crippen molar-refractivity contribution < 1.29 is 0 Å². The molecule has 1 aromatic rings. The summed E-state index contributed by atoms with van der Waals surface area (Å²) >= 11 is 1.70. The molecular formula is C10H11S. The van der Waals surface area contributed by atoms with Crippen molar-refractivity contribution in [2.75, 3.05) is 0 Å². The summed E-state index contributed by atoms with van der Waals surface area (Å²) in [7, 11) is 0. The quantitative estimate of drug-likeness (QED) is 0.659. The van der Waals surface area contributed by atoms with Gasteiger partial charge < -0.3 is 0 Å². The van der Waals surface area contributed by atoms with Crippen LogP contribution in [-0.2, 0) is 5.75 Å². The van der Waals surface area contributed by atoms with Gasteiger partial charge in [0.2, 0.25) is 0 Å². The normalized spacial score (nSPS) is 10.6. The first-order valence-corrected chi connectivity index (χ1v) is 4.61. The molecule has 0 heterocycles. The highest BCUT2D eigenvalue weighted by atomic mass is 32.2. The van der Waals surface area contributed by atoms with Gasteiger partial charge in [0.25, 0.3) is 0 Å². The van der Waals surface area contributed by atoms with Crippen LogP contribution in [0.5, 0.6) is 0 Å². The van der Waals surface area contributed by atoms with E-state index in [4.69, 9.17) is 0 Å². The van der Waals surface area contributed by atoms with Crippen LogP contribution in [0.15, 0.2) is 36.4 Å². The average Bonchev–Trinajstić information content (AvgIpc) is 2.07. The maximum absolute atomic E-state index is 3.09. The molecule has 0 saturated carbocycles. The molecule has 1 radical (unpaired) electrons. The van der Waals surface area contributed by atoms with Crippen molar-refractivity contribution in [2.45, 2.75) is 12.7 Å². The van der Waals surface area contributed by atoms with Crippen molar-refractivity contribution in [3.63, 3.8) is 0 Å². The van der Waals surface area contributed by atoms with E-state index in [2.05, 4.69) is 29.7 Å². The monoisotopic (exact) mass is 163 g/mol. The summed E-state index contributed by atoms with van der Waals surface area (Å²) in [6.45, 7) is 1.98. The van der Waals surface area contributed by atoms with E-state index in [1.165, 1.54) is 5.56 Å². The molecule has 0 aliphatic carbocycles. The Morgan fingerprint density at radius 1 is 1.36 bits per heavy atom. The molecule has 0 aromatic heterocycles. The van der Waals surface area contributed by atoms with Crippen molar-refractivity contribution in [2.24, 2.45) is 0 Å². The first-order valence-electron chi connectivity index (χ1n) is 3.62. The lowest BCUT2D eigenvalue weighted by molar-refractivity contribution is 1.42. The molecule has 57 valence electrons. The van der Waals surface area contributed by atoms with Crippen LogP contribution in [0.3, 0.4) is 0 Å². The number of thioether (sulfide) groups is 1. The van der Waals surface area contributed by atoms with Crippen LogP contribution in [-0.4, -0.2) is 0 Å². The Balaban J connectivity index is 2.39. The molecule has 0 saturated heterocycles. The number of hydrogen-bond acceptors (Lipinski definition) is 1. The minimum atomic E-state index is 1.02. The van der Waals surface area contributed by atoms with E-state index in [0.29, 0.717) is 0 Å². The molecule has 0 aliphatic rings. The van der Waals surface area contributed by atoms with Crippen LogP contribution in [0.25, 0.3) is 0 Å². The molecule has 1 heteroatoms. The number of hydrogen-bond donors (Lipinski definition) is 0. The largest absolute Gasteiger partial charge is 0.121 e. The summed E-state index contributed by atoms with van der Waals surface area (Å²) in [5.41, 5.74) is 1.35. The molecule has 0 N–H and O–H groups in total. The predicted molar refractivity (Wildman–Crippen MR) is 51.2 cm³/mol. The lowest BCUT2D eigenvalue weighted by atomic mass is 10.2. The Hall–Kier alpha value is -0.690. The zero-order chi connectivity index (χ0) is 7.94. The summed E-state index contributed by atoms with van der Waals surface area (Å²) in [4.78, 5) is 0. The minimum absolute atomic E-state index is 1.02. The van der Waals surface area contributed by atoms with Crippen LogP contribution in [0.1, 0.15) is 12.5 Å². The van der Waals surface area contributed by atoms with Gasteiger partial charge >= 0.3 is 0 Å². The van der Waals surface area contributed by atoms with Gasteiger partial charge in [-0.15, -0.1) is 11.8 Å². The third-order valence-electron chi connectivity index (χ3n) is 1.28. The second kappa shape index (κ2) is 5.03. The van der Waals surface area contributed by atoms with Crippen molar-refractivity contribution >= 4 is 11.8 Å². The second-order valence-electron chi connectivity index (χ2n) is 2.18. The number of rotatable bonds is 3. The molecule has 0 amide bonds. The van der Waals surface area contributed by atoms with Gasteiger partial charge in [-0.25, -0.2) is 0 Å². The van der Waals surface area contributed by atoms with E-state index in [9.17, 15) is 0 Å². The molecule has 11 heavy (non-hydrogen) atoms. The zero-order valence-corrected chi connectivity index (χ0v) is 7.40. The van der Waals surface area contributed by atoms with Gasteiger partial charge in [-0.1, -0.05) is 36.4 Å². The smallest absolute Gasteiger partial charge is 0.0232 e. The van der Waals surface area contributed by atoms with Crippen LogP contribution in [0.4, 0.5) is 0 Å². The van der Waals surface area contributed by atoms with Gasteiger partial charge in [0.1, 0.15) is 0 Å². The van der Waals surface area contributed by atoms with Crippen LogP contribution in [0, 0.1) is 5.41 Å². The van der Waals surface area contributed by atoms with Gasteiger partial charge in [0.05, 0.1) is 0 Å². The summed E-state index contributed by atoms with van der Waals surface area (Å²) < 4.78 is 0. The number of benzene rings is 1. The van der Waals surface area contributed by atoms with Crippen molar-refractivity contribution in [3.05, 3.63) is 47.4 Å². The minimum Gasteiger partial charge on any atom is -0.121 e. The second-order valence-corrected chi connectivity index (χ2v) is 2.99. The molecule has 0 aliphatic heterocycles. The Kier molecular flexibility index (Phi) is 3.84. The lowest BCUT2D eigenvalue weighted by Gasteiger charge is -1.94. The predicted octanol–water partition coefficient (Wildman–Crippen LogP) is 3.26. The maximum Gasteiger partial charge on any atom is 0.0232 e. The molecule has 0 bridgehead atoms. The summed E-state index contributed by atoms with van der Waals surface area (Å²) in [5, 5.41) is 3.09. The highest BCUT2D eigenvalue weighted by molar-refractivity contribution is 8.00. The molecular weight excluding hydrogens is 152 g/mol. The lowest BCUT2D eigenvalue weighted by Crippen LogP contribution is -1.75. The van der Waals surface area contributed by atoms with E-state index >= 15 is 0 Å². The van der Waals surface area contributed by atoms with E-state index in [-0.39, 0.29) is 0 Å². The highest BCUT2D eigenvalue weighted by Gasteiger charge is 1.87. The molecule has 0 nitrogen and oxygen atoms in total. The van der Waals surface area contributed by atoms with E-state index < -0.39 is 0 Å². The highest BCUT2D eigenvalue weighted by Crippen LogP contribution is 2.11. The maximum atomic E-state index is 3.09. The van der Waals surface area contributed by atoms with E-state index in [1.54, 1.807) is 11.8 Å². The Bertz CT molecular complexity index is 214. The first-order chi connectivity index (χ1) is 5.43. The zero-order valence-electron chi connectivity index (χ0n) is 6.58. The third-order valence-corrected chi connectivity index (χ3v) is 2.16. The number of allylic oxidation sites excluding steroid dienone is 1. The fourth-order valence-electron chi connectivity index (χ4n) is 0.783. The van der Waals surface area contributed by atoms with Crippen LogP contribution >= 0.6 is 11.8 Å². The van der Waals surface area contributed by atoms with Crippen LogP contribution in [0.2, 0.25) is 0 Å². The molecule has 1 rings (SSSR count). The average molecular weight is 163 g/mol. The summed E-state index contributed by atoms with van der Waals surface area (Å²) in [6, 6.07) is 10.4. The molecule has 0 fully saturated rings. The first kappa shape index (κ1) is 8.41. The molecule has 0 atom stereocenters. The third kappa shape index (κ3) is 3.28. The Morgan fingerprint density at radius 3 is 2.73 bits per heavy atom. The van der Waals surface area contributed by atoms with Gasteiger partial charge in [0, 0.05) is 11.2 Å². The van der Waals surface area contributed by atoms with Crippen molar-refractivity contribution in [3.8, 4) is 0 Å². The standard InChI is InChI=1S/C10H11S/c1-2-8-11-9-10-6-4-3-5-7-10/h2-7H,9H2,1H3. The summed E-state index contributed by atoms with van der Waals surface area (Å²) in [6.07, 6.45) is 1.94. The van der Waals surface area contributed by atoms with Crippen LogP contribution < -0.4 is 0 Å². The molecule has 0 spiro atoms. The Morgan fingerprint density at radius 2 is 2.09 bits per heavy atom. The van der Waals surface area contributed by atoms with Gasteiger partial charge in [-0.05, 0) is 12.5 Å². The van der Waals surface area contributed by atoms with Gasteiger partial charge in [-0.2, -0.15) is 0 Å². The van der Waals surface area contributed by atoms with E-state index in [0.717, 1.165) is 5.75 Å². The van der Waals surface area contributed by atoms with Crippen molar-refractivity contribution in [1.29, 1.82) is 0 Å². The molecule has 1 aromatic carbocycles. The summed E-state index contributed by atoms with van der Waals surface area (Å²) in [5.74, 6) is 1.02. The molecule has 0 unspecified atom stereocenters. The fourth-order valence-corrected chi connectivity index (χ4v) is 1.39. The SMILES string of the molecule is C/C=[C]/SCc1ccccc1. The topological polar surface area (TPSA) is 0 Å². The Labute approximate surface area is 72.3 Å². The van der Waals surface area contributed by atoms with Gasteiger partial charge in [0.15, 0.2) is 0 Å². The van der Waals surface area contributed by atoms with E-state index in [1.807, 2.05) is 19.1 Å². The van der Waals surface area contributed by atoms with Crippen molar-refractivity contribution in [1.82, 2.24) is 0 Å². The fraction of sp³-hybridized carbons (Fsp3) is 0.200. The van der Waals surface area contributed by atoms with Gasteiger partial charge in [-0.3, -0.25) is 0 Å².